The van der Waals surface area contributed by atoms with Crippen LogP contribution in [0, 0.1) is 0 Å². The first-order chi connectivity index (χ1) is 15.2. The molecule has 10 heteroatoms. The molecule has 1 aliphatic rings. The Hall–Kier alpha value is -2.94. The number of hydrogen-bond acceptors (Lipinski definition) is 8. The molecule has 2 aromatic carbocycles. The summed E-state index contributed by atoms with van der Waals surface area (Å²) in [5.74, 6) is 1.35. The van der Waals surface area contributed by atoms with Gasteiger partial charge in [-0.05, 0) is 17.7 Å². The summed E-state index contributed by atoms with van der Waals surface area (Å²) in [5.41, 5.74) is 4.72. The van der Waals surface area contributed by atoms with Gasteiger partial charge in [0, 0.05) is 30.2 Å². The van der Waals surface area contributed by atoms with Crippen LogP contribution in [0.3, 0.4) is 0 Å². The fourth-order valence-corrected chi connectivity index (χ4v) is 3.40. The van der Waals surface area contributed by atoms with Crippen molar-refractivity contribution in [3.63, 3.8) is 0 Å². The molecule has 0 atom stereocenters. The lowest BCUT2D eigenvalue weighted by Crippen LogP contribution is -2.37. The molecule has 31 heavy (non-hydrogen) atoms. The fourth-order valence-electron chi connectivity index (χ4n) is 2.94. The van der Waals surface area contributed by atoms with Gasteiger partial charge in [-0.25, -0.2) is 5.43 Å². The van der Waals surface area contributed by atoms with Crippen LogP contribution in [-0.2, 0) is 11.3 Å². The van der Waals surface area contributed by atoms with E-state index >= 15 is 0 Å². The quantitative estimate of drug-likeness (QED) is 0.408. The van der Waals surface area contributed by atoms with Crippen LogP contribution in [0.5, 0.6) is 0 Å². The summed E-state index contributed by atoms with van der Waals surface area (Å²) in [5, 5.41) is 8.55. The maximum Gasteiger partial charge on any atom is 0.250 e. The van der Waals surface area contributed by atoms with E-state index in [-0.39, 0.29) is 0 Å². The van der Waals surface area contributed by atoms with Gasteiger partial charge < -0.3 is 15.0 Å². The van der Waals surface area contributed by atoms with E-state index in [0.717, 1.165) is 11.1 Å². The van der Waals surface area contributed by atoms with E-state index in [1.165, 1.54) is 0 Å². The Labute approximate surface area is 190 Å². The van der Waals surface area contributed by atoms with Crippen molar-refractivity contribution in [1.82, 2.24) is 15.0 Å². The average molecular weight is 458 g/mol. The summed E-state index contributed by atoms with van der Waals surface area (Å²) in [4.78, 5) is 15.6. The highest BCUT2D eigenvalue weighted by atomic mass is 35.5. The number of nitrogens with one attached hydrogen (secondary N) is 2. The van der Waals surface area contributed by atoms with Crippen LogP contribution < -0.4 is 15.6 Å². The molecule has 0 aliphatic carbocycles. The van der Waals surface area contributed by atoms with Gasteiger partial charge in [0.1, 0.15) is 0 Å². The highest BCUT2D eigenvalue weighted by molar-refractivity contribution is 6.36. The van der Waals surface area contributed by atoms with Crippen LogP contribution in [0.25, 0.3) is 0 Å². The second-order valence-electron chi connectivity index (χ2n) is 6.76. The van der Waals surface area contributed by atoms with Crippen molar-refractivity contribution >= 4 is 47.3 Å². The van der Waals surface area contributed by atoms with Crippen LogP contribution >= 0.6 is 23.2 Å². The minimum absolute atomic E-state index is 0.327. The van der Waals surface area contributed by atoms with Crippen molar-refractivity contribution in [2.75, 3.05) is 41.9 Å². The van der Waals surface area contributed by atoms with Crippen LogP contribution in [-0.4, -0.2) is 47.5 Å². The molecule has 2 N–H and O–H groups in total. The van der Waals surface area contributed by atoms with Crippen molar-refractivity contribution in [1.29, 1.82) is 0 Å². The Morgan fingerprint density at radius 1 is 1.00 bits per heavy atom. The maximum atomic E-state index is 6.19. The van der Waals surface area contributed by atoms with Crippen LogP contribution in [0.1, 0.15) is 11.1 Å². The molecule has 1 saturated heterocycles. The van der Waals surface area contributed by atoms with Gasteiger partial charge in [0.05, 0.1) is 24.5 Å². The third-order valence-corrected chi connectivity index (χ3v) is 5.10. The molecule has 1 aliphatic heterocycles. The van der Waals surface area contributed by atoms with Crippen molar-refractivity contribution in [2.24, 2.45) is 5.10 Å². The van der Waals surface area contributed by atoms with Gasteiger partial charge >= 0.3 is 0 Å². The number of aromatic nitrogens is 3. The number of rotatable bonds is 7. The molecule has 2 heterocycles. The van der Waals surface area contributed by atoms with Gasteiger partial charge in [0.2, 0.25) is 17.8 Å². The largest absolute Gasteiger partial charge is 0.378 e. The Morgan fingerprint density at radius 3 is 2.55 bits per heavy atom. The van der Waals surface area contributed by atoms with E-state index in [0.29, 0.717) is 60.7 Å². The lowest BCUT2D eigenvalue weighted by atomic mass is 10.2. The van der Waals surface area contributed by atoms with E-state index in [4.69, 9.17) is 27.9 Å². The molecule has 0 spiro atoms. The van der Waals surface area contributed by atoms with Gasteiger partial charge in [-0.3, -0.25) is 0 Å². The fraction of sp³-hybridized carbons (Fsp3) is 0.238. The number of benzene rings is 2. The zero-order valence-corrected chi connectivity index (χ0v) is 18.1. The summed E-state index contributed by atoms with van der Waals surface area (Å²) >= 11 is 12.1. The second kappa shape index (κ2) is 10.4. The smallest absolute Gasteiger partial charge is 0.250 e. The molecule has 0 bridgehead atoms. The average Bonchev–Trinajstić information content (AvgIpc) is 2.80. The highest BCUT2D eigenvalue weighted by Gasteiger charge is 2.16. The molecule has 0 amide bonds. The molecular formula is C21H21Cl2N7O. The highest BCUT2D eigenvalue weighted by Crippen LogP contribution is 2.20. The minimum Gasteiger partial charge on any atom is -0.378 e. The Kier molecular flexibility index (Phi) is 7.14. The molecule has 8 nitrogen and oxygen atoms in total. The molecule has 4 rings (SSSR count). The van der Waals surface area contributed by atoms with Crippen LogP contribution in [0.2, 0.25) is 10.0 Å². The second-order valence-corrected chi connectivity index (χ2v) is 7.60. The summed E-state index contributed by atoms with van der Waals surface area (Å²) in [6.07, 6.45) is 1.59. The van der Waals surface area contributed by atoms with E-state index in [9.17, 15) is 0 Å². The van der Waals surface area contributed by atoms with Gasteiger partial charge in [0.15, 0.2) is 0 Å². The van der Waals surface area contributed by atoms with Crippen molar-refractivity contribution < 1.29 is 4.74 Å². The standard InChI is InChI=1S/C21H21Cl2N7O/c22-17-7-6-16(18(23)12-17)14-25-29-20-26-19(24-13-15-4-2-1-3-5-15)27-21(28-20)30-8-10-31-11-9-30/h1-7,12,14H,8-11,13H2,(H2,24,26,27,28,29). The molecule has 0 unspecified atom stereocenters. The number of hydrogen-bond donors (Lipinski definition) is 2. The topological polar surface area (TPSA) is 87.6 Å². The monoisotopic (exact) mass is 457 g/mol. The van der Waals surface area contributed by atoms with Crippen LogP contribution in [0.15, 0.2) is 53.6 Å². The Balaban J connectivity index is 1.52. The van der Waals surface area contributed by atoms with Gasteiger partial charge in [-0.1, -0.05) is 59.6 Å². The first-order valence-electron chi connectivity index (χ1n) is 9.78. The molecular weight excluding hydrogens is 437 g/mol. The normalized spacial score (nSPS) is 14.1. The van der Waals surface area contributed by atoms with Crippen molar-refractivity contribution in [2.45, 2.75) is 6.54 Å². The van der Waals surface area contributed by atoms with Crippen LogP contribution in [0.4, 0.5) is 17.8 Å². The number of halogens is 2. The summed E-state index contributed by atoms with van der Waals surface area (Å²) in [6, 6.07) is 15.2. The predicted molar refractivity (Wildman–Crippen MR) is 124 cm³/mol. The lowest BCUT2D eigenvalue weighted by Gasteiger charge is -2.27. The van der Waals surface area contributed by atoms with E-state index < -0.39 is 0 Å². The van der Waals surface area contributed by atoms with E-state index in [1.54, 1.807) is 24.4 Å². The zero-order chi connectivity index (χ0) is 21.5. The first-order valence-corrected chi connectivity index (χ1v) is 10.5. The third kappa shape index (κ3) is 6.04. The molecule has 1 aromatic heterocycles. The number of anilines is 3. The minimum atomic E-state index is 0.327. The molecule has 160 valence electrons. The molecule has 3 aromatic rings. The number of ether oxygens (including phenoxy) is 1. The summed E-state index contributed by atoms with van der Waals surface area (Å²) < 4.78 is 5.43. The Bertz CT molecular complexity index is 1040. The predicted octanol–water partition coefficient (Wildman–Crippen LogP) is 4.07. The summed E-state index contributed by atoms with van der Waals surface area (Å²) in [6.45, 7) is 3.29. The van der Waals surface area contributed by atoms with Gasteiger partial charge in [-0.15, -0.1) is 0 Å². The number of hydrazone groups is 1. The van der Waals surface area contributed by atoms with Crippen molar-refractivity contribution in [3.8, 4) is 0 Å². The van der Waals surface area contributed by atoms with E-state index in [2.05, 4.69) is 35.7 Å². The maximum absolute atomic E-state index is 6.19. The number of nitrogens with zero attached hydrogens (tertiary/aromatic N) is 5. The molecule has 0 saturated carbocycles. The van der Waals surface area contributed by atoms with Gasteiger partial charge in [-0.2, -0.15) is 20.1 Å². The molecule has 0 radical (unpaired) electrons. The third-order valence-electron chi connectivity index (χ3n) is 4.54. The lowest BCUT2D eigenvalue weighted by molar-refractivity contribution is 0.122. The first kappa shape index (κ1) is 21.3. The summed E-state index contributed by atoms with van der Waals surface area (Å²) in [7, 11) is 0. The molecule has 1 fully saturated rings. The van der Waals surface area contributed by atoms with Crippen molar-refractivity contribution in [3.05, 3.63) is 69.7 Å². The Morgan fingerprint density at radius 2 is 1.77 bits per heavy atom. The zero-order valence-electron chi connectivity index (χ0n) is 16.6. The van der Waals surface area contributed by atoms with E-state index in [1.807, 2.05) is 30.3 Å². The van der Waals surface area contributed by atoms with Gasteiger partial charge in [0.25, 0.3) is 0 Å². The SMILES string of the molecule is Clc1ccc(C=NNc2nc(NCc3ccccc3)nc(N3CCOCC3)n2)c(Cl)c1. The number of morpholine rings is 1.